The van der Waals surface area contributed by atoms with Crippen molar-refractivity contribution in [1.82, 2.24) is 0 Å². The molecule has 1 aliphatic carbocycles. The van der Waals surface area contributed by atoms with Crippen molar-refractivity contribution >= 4 is 17.3 Å². The molecule has 1 heterocycles. The summed E-state index contributed by atoms with van der Waals surface area (Å²) in [5.41, 5.74) is 0.525. The molecule has 2 aliphatic rings. The highest BCUT2D eigenvalue weighted by molar-refractivity contribution is 5.98. The number of nitro benzene ring substituents is 1. The number of rotatable bonds is 2. The van der Waals surface area contributed by atoms with Gasteiger partial charge < -0.3 is 9.64 Å². The summed E-state index contributed by atoms with van der Waals surface area (Å²) in [5, 5.41) is 10.9. The number of hydrogen-bond acceptors (Lipinski definition) is 4. The lowest BCUT2D eigenvalue weighted by atomic mass is 10.1. The number of carbonyl (C=O) groups is 1. The van der Waals surface area contributed by atoms with Crippen LogP contribution in [0, 0.1) is 10.1 Å². The van der Waals surface area contributed by atoms with Gasteiger partial charge in [-0.25, -0.2) is 0 Å². The van der Waals surface area contributed by atoms with Crippen molar-refractivity contribution in [3.63, 3.8) is 0 Å². The number of nitro groups is 1. The molecular formula is C13H14N2O4. The van der Waals surface area contributed by atoms with E-state index in [1.54, 1.807) is 11.0 Å². The topological polar surface area (TPSA) is 72.7 Å². The van der Waals surface area contributed by atoms with Gasteiger partial charge in [0.1, 0.15) is 5.75 Å². The van der Waals surface area contributed by atoms with Crippen LogP contribution < -0.4 is 9.64 Å². The van der Waals surface area contributed by atoms with Crippen LogP contribution in [0.2, 0.25) is 0 Å². The highest BCUT2D eigenvalue weighted by atomic mass is 16.6. The van der Waals surface area contributed by atoms with Gasteiger partial charge in [0.2, 0.25) is 0 Å². The van der Waals surface area contributed by atoms with Crippen molar-refractivity contribution in [2.75, 3.05) is 11.5 Å². The fourth-order valence-corrected chi connectivity index (χ4v) is 2.84. The number of ether oxygens (including phenoxy) is 1. The van der Waals surface area contributed by atoms with Gasteiger partial charge in [0.15, 0.2) is 6.61 Å². The van der Waals surface area contributed by atoms with Crippen LogP contribution in [0.25, 0.3) is 0 Å². The number of fused-ring (bicyclic) bond motifs is 1. The second-order valence-electron chi connectivity index (χ2n) is 4.90. The minimum Gasteiger partial charge on any atom is -0.482 e. The second kappa shape index (κ2) is 4.53. The maximum Gasteiger partial charge on any atom is 0.271 e. The van der Waals surface area contributed by atoms with Crippen LogP contribution >= 0.6 is 0 Å². The molecule has 100 valence electrons. The minimum atomic E-state index is -0.452. The fourth-order valence-electron chi connectivity index (χ4n) is 2.84. The van der Waals surface area contributed by atoms with Gasteiger partial charge in [-0.3, -0.25) is 14.9 Å². The summed E-state index contributed by atoms with van der Waals surface area (Å²) in [6.07, 6.45) is 4.10. The smallest absolute Gasteiger partial charge is 0.271 e. The Kier molecular flexibility index (Phi) is 2.85. The van der Waals surface area contributed by atoms with Gasteiger partial charge in [0, 0.05) is 18.2 Å². The summed E-state index contributed by atoms with van der Waals surface area (Å²) in [7, 11) is 0. The number of amides is 1. The summed E-state index contributed by atoms with van der Waals surface area (Å²) in [5.74, 6) is 0.442. The molecule has 6 nitrogen and oxygen atoms in total. The van der Waals surface area contributed by atoms with Gasteiger partial charge in [-0.15, -0.1) is 0 Å². The zero-order chi connectivity index (χ0) is 13.4. The van der Waals surface area contributed by atoms with Gasteiger partial charge in [-0.1, -0.05) is 12.8 Å². The SMILES string of the molecule is O=C1COc2ccc([N+](=O)[O-])cc2N1C1CCCC1. The van der Waals surface area contributed by atoms with Gasteiger partial charge in [-0.2, -0.15) is 0 Å². The van der Waals surface area contributed by atoms with E-state index >= 15 is 0 Å². The lowest BCUT2D eigenvalue weighted by Gasteiger charge is -2.33. The fraction of sp³-hybridized carbons (Fsp3) is 0.462. The summed E-state index contributed by atoms with van der Waals surface area (Å²) in [6.45, 7) is 0.0152. The summed E-state index contributed by atoms with van der Waals surface area (Å²) >= 11 is 0. The Bertz CT molecular complexity index is 537. The molecule has 19 heavy (non-hydrogen) atoms. The Hall–Kier alpha value is -2.11. The third-order valence-corrected chi connectivity index (χ3v) is 3.72. The molecule has 0 atom stereocenters. The normalized spacial score (nSPS) is 19.2. The molecule has 1 aromatic carbocycles. The molecule has 0 bridgehead atoms. The van der Waals surface area contributed by atoms with E-state index in [0.29, 0.717) is 11.4 Å². The molecule has 0 unspecified atom stereocenters. The van der Waals surface area contributed by atoms with E-state index in [-0.39, 0.29) is 24.2 Å². The average molecular weight is 262 g/mol. The van der Waals surface area contributed by atoms with Crippen molar-refractivity contribution in [1.29, 1.82) is 0 Å². The maximum absolute atomic E-state index is 12.1. The Morgan fingerprint density at radius 1 is 1.32 bits per heavy atom. The van der Waals surface area contributed by atoms with Crippen molar-refractivity contribution < 1.29 is 14.5 Å². The zero-order valence-corrected chi connectivity index (χ0v) is 10.4. The van der Waals surface area contributed by atoms with Gasteiger partial charge in [0.05, 0.1) is 10.6 Å². The number of carbonyl (C=O) groups excluding carboxylic acids is 1. The lowest BCUT2D eigenvalue weighted by molar-refractivity contribution is -0.384. The van der Waals surface area contributed by atoms with Gasteiger partial charge >= 0.3 is 0 Å². The maximum atomic E-state index is 12.1. The number of benzene rings is 1. The van der Waals surface area contributed by atoms with Crippen molar-refractivity contribution in [2.45, 2.75) is 31.7 Å². The number of hydrogen-bond donors (Lipinski definition) is 0. The molecule has 1 saturated carbocycles. The molecule has 1 aromatic rings. The third kappa shape index (κ3) is 2.03. The zero-order valence-electron chi connectivity index (χ0n) is 10.4. The number of nitrogens with zero attached hydrogens (tertiary/aromatic N) is 2. The average Bonchev–Trinajstić information content (AvgIpc) is 2.91. The predicted molar refractivity (Wildman–Crippen MR) is 68.3 cm³/mol. The second-order valence-corrected chi connectivity index (χ2v) is 4.90. The monoisotopic (exact) mass is 262 g/mol. The Balaban J connectivity index is 2.03. The molecule has 0 saturated heterocycles. The highest BCUT2D eigenvalue weighted by Crippen LogP contribution is 2.39. The minimum absolute atomic E-state index is 0.0138. The van der Waals surface area contributed by atoms with E-state index in [0.717, 1.165) is 25.7 Å². The number of non-ortho nitro benzene ring substituents is 1. The molecule has 3 rings (SSSR count). The lowest BCUT2D eigenvalue weighted by Crippen LogP contribution is -2.44. The summed E-state index contributed by atoms with van der Waals surface area (Å²) < 4.78 is 5.35. The van der Waals surface area contributed by atoms with Gasteiger partial charge in [0.25, 0.3) is 11.6 Å². The van der Waals surface area contributed by atoms with Crippen LogP contribution in [-0.4, -0.2) is 23.5 Å². The molecular weight excluding hydrogens is 248 g/mol. The van der Waals surface area contributed by atoms with Gasteiger partial charge in [-0.05, 0) is 18.9 Å². The Labute approximate surface area is 110 Å². The van der Waals surface area contributed by atoms with Crippen LogP contribution in [0.1, 0.15) is 25.7 Å². The first kappa shape index (κ1) is 12.0. The summed E-state index contributed by atoms with van der Waals surface area (Å²) in [4.78, 5) is 24.2. The van der Waals surface area contributed by atoms with E-state index in [9.17, 15) is 14.9 Å². The van der Waals surface area contributed by atoms with Crippen molar-refractivity contribution in [2.24, 2.45) is 0 Å². The Morgan fingerprint density at radius 2 is 2.05 bits per heavy atom. The third-order valence-electron chi connectivity index (χ3n) is 3.72. The van der Waals surface area contributed by atoms with E-state index in [1.807, 2.05) is 0 Å². The summed E-state index contributed by atoms with van der Waals surface area (Å²) in [6, 6.07) is 4.56. The predicted octanol–water partition coefficient (Wildman–Crippen LogP) is 2.26. The van der Waals surface area contributed by atoms with Crippen molar-refractivity contribution in [3.05, 3.63) is 28.3 Å². The van der Waals surface area contributed by atoms with E-state index in [1.165, 1.54) is 12.1 Å². The molecule has 0 radical (unpaired) electrons. The molecule has 1 fully saturated rings. The molecule has 1 amide bonds. The first-order chi connectivity index (χ1) is 9.16. The number of anilines is 1. The van der Waals surface area contributed by atoms with E-state index in [4.69, 9.17) is 4.74 Å². The van der Waals surface area contributed by atoms with E-state index < -0.39 is 4.92 Å². The largest absolute Gasteiger partial charge is 0.482 e. The van der Waals surface area contributed by atoms with Crippen molar-refractivity contribution in [3.8, 4) is 5.75 Å². The molecule has 0 N–H and O–H groups in total. The Morgan fingerprint density at radius 3 is 2.74 bits per heavy atom. The van der Waals surface area contributed by atoms with Crippen LogP contribution in [-0.2, 0) is 4.79 Å². The molecule has 6 heteroatoms. The van der Waals surface area contributed by atoms with E-state index in [2.05, 4.69) is 0 Å². The first-order valence-corrected chi connectivity index (χ1v) is 6.40. The first-order valence-electron chi connectivity index (χ1n) is 6.40. The quantitative estimate of drug-likeness (QED) is 0.605. The molecule has 0 aromatic heterocycles. The van der Waals surface area contributed by atoms with Crippen LogP contribution in [0.5, 0.6) is 5.75 Å². The highest BCUT2D eigenvalue weighted by Gasteiger charge is 2.34. The molecule has 0 spiro atoms. The molecule has 1 aliphatic heterocycles. The van der Waals surface area contributed by atoms with Crippen LogP contribution in [0.15, 0.2) is 18.2 Å². The standard InChI is InChI=1S/C13H14N2O4/c16-13-8-19-12-6-5-10(15(17)18)7-11(12)14(13)9-3-1-2-4-9/h5-7,9H,1-4,8H2. The van der Waals surface area contributed by atoms with Crippen LogP contribution in [0.3, 0.4) is 0 Å². The van der Waals surface area contributed by atoms with Crippen LogP contribution in [0.4, 0.5) is 11.4 Å².